The van der Waals surface area contributed by atoms with E-state index in [0.717, 1.165) is 5.39 Å². The van der Waals surface area contributed by atoms with Crippen LogP contribution in [0, 0.1) is 5.82 Å². The fourth-order valence-electron chi connectivity index (χ4n) is 2.09. The Kier molecular flexibility index (Phi) is 3.43. The lowest BCUT2D eigenvalue weighted by atomic mass is 10.2. The van der Waals surface area contributed by atoms with E-state index < -0.39 is 0 Å². The summed E-state index contributed by atoms with van der Waals surface area (Å²) < 4.78 is 19.1. The Bertz CT molecular complexity index is 637. The van der Waals surface area contributed by atoms with Crippen molar-refractivity contribution in [2.24, 2.45) is 0 Å². The van der Waals surface area contributed by atoms with E-state index in [1.54, 1.807) is 11.0 Å². The first-order valence-electron chi connectivity index (χ1n) is 5.91. The molecule has 2 heterocycles. The first-order chi connectivity index (χ1) is 9.16. The van der Waals surface area contributed by atoms with E-state index in [4.69, 9.17) is 16.3 Å². The second-order valence-corrected chi connectivity index (χ2v) is 5.72. The third kappa shape index (κ3) is 2.33. The van der Waals surface area contributed by atoms with Gasteiger partial charge < -0.3 is 9.64 Å². The molecule has 0 radical (unpaired) electrons. The Morgan fingerprint density at radius 1 is 1.37 bits per heavy atom. The zero-order valence-electron chi connectivity index (χ0n) is 9.99. The van der Waals surface area contributed by atoms with Gasteiger partial charge in [-0.2, -0.15) is 0 Å². The Balaban J connectivity index is 2.00. The summed E-state index contributed by atoms with van der Waals surface area (Å²) in [4.78, 5) is 14.6. The molecule has 100 valence electrons. The molecule has 19 heavy (non-hydrogen) atoms. The smallest absolute Gasteiger partial charge is 0.265 e. The average molecular weight is 300 g/mol. The van der Waals surface area contributed by atoms with Gasteiger partial charge in [-0.15, -0.1) is 11.3 Å². The van der Waals surface area contributed by atoms with E-state index in [-0.39, 0.29) is 11.7 Å². The van der Waals surface area contributed by atoms with Gasteiger partial charge in [0.25, 0.3) is 5.91 Å². The molecule has 1 amide bonds. The molecule has 0 unspecified atom stereocenters. The van der Waals surface area contributed by atoms with Crippen LogP contribution in [0.1, 0.15) is 9.67 Å². The molecule has 1 aliphatic heterocycles. The molecule has 3 rings (SSSR count). The zero-order chi connectivity index (χ0) is 13.4. The fraction of sp³-hybridized carbons (Fsp3) is 0.308. The third-order valence-corrected chi connectivity index (χ3v) is 4.73. The van der Waals surface area contributed by atoms with Crippen molar-refractivity contribution in [3.8, 4) is 0 Å². The van der Waals surface area contributed by atoms with Crippen LogP contribution in [0.3, 0.4) is 0 Å². The molecule has 0 saturated carbocycles. The van der Waals surface area contributed by atoms with Crippen LogP contribution in [0.5, 0.6) is 0 Å². The SMILES string of the molecule is O=C(c1sc2cc(F)ccc2c1Cl)N1CCOCC1. The maximum atomic E-state index is 13.2. The van der Waals surface area contributed by atoms with Crippen LogP contribution in [-0.4, -0.2) is 37.1 Å². The minimum atomic E-state index is -0.323. The topological polar surface area (TPSA) is 29.5 Å². The molecular weight excluding hydrogens is 289 g/mol. The Morgan fingerprint density at radius 3 is 2.84 bits per heavy atom. The maximum Gasteiger partial charge on any atom is 0.265 e. The molecule has 0 spiro atoms. The number of ether oxygens (including phenoxy) is 1. The number of amides is 1. The van der Waals surface area contributed by atoms with Crippen molar-refractivity contribution in [1.82, 2.24) is 4.90 Å². The van der Waals surface area contributed by atoms with Crippen molar-refractivity contribution in [2.45, 2.75) is 0 Å². The molecule has 1 aromatic heterocycles. The lowest BCUT2D eigenvalue weighted by Crippen LogP contribution is -2.40. The predicted molar refractivity (Wildman–Crippen MR) is 73.5 cm³/mol. The van der Waals surface area contributed by atoms with Gasteiger partial charge in [0, 0.05) is 23.2 Å². The molecule has 2 aromatic rings. The van der Waals surface area contributed by atoms with Gasteiger partial charge in [0.2, 0.25) is 0 Å². The Morgan fingerprint density at radius 2 is 2.11 bits per heavy atom. The number of halogens is 2. The van der Waals surface area contributed by atoms with Crippen LogP contribution in [-0.2, 0) is 4.74 Å². The predicted octanol–water partition coefficient (Wildman–Crippen LogP) is 3.17. The highest BCUT2D eigenvalue weighted by atomic mass is 35.5. The maximum absolute atomic E-state index is 13.2. The molecule has 0 atom stereocenters. The van der Waals surface area contributed by atoms with Crippen LogP contribution in [0.15, 0.2) is 18.2 Å². The molecule has 6 heteroatoms. The number of benzene rings is 1. The van der Waals surface area contributed by atoms with Gasteiger partial charge in [0.05, 0.1) is 18.2 Å². The summed E-state index contributed by atoms with van der Waals surface area (Å²) in [5.41, 5.74) is 0. The minimum Gasteiger partial charge on any atom is -0.378 e. The average Bonchev–Trinajstić information content (AvgIpc) is 2.75. The largest absolute Gasteiger partial charge is 0.378 e. The number of morpholine rings is 1. The highest BCUT2D eigenvalue weighted by molar-refractivity contribution is 7.21. The molecule has 0 bridgehead atoms. The Hall–Kier alpha value is -1.17. The number of carbonyl (C=O) groups is 1. The van der Waals surface area contributed by atoms with Gasteiger partial charge in [0.1, 0.15) is 10.7 Å². The van der Waals surface area contributed by atoms with E-state index >= 15 is 0 Å². The van der Waals surface area contributed by atoms with E-state index in [2.05, 4.69) is 0 Å². The molecular formula is C13H11ClFNO2S. The zero-order valence-corrected chi connectivity index (χ0v) is 11.6. The standard InChI is InChI=1S/C13H11ClFNO2S/c14-11-9-2-1-8(15)7-10(9)19-12(11)13(17)16-3-5-18-6-4-16/h1-2,7H,3-6H2. The van der Waals surface area contributed by atoms with Crippen molar-refractivity contribution >= 4 is 38.9 Å². The normalized spacial score (nSPS) is 16.0. The second kappa shape index (κ2) is 5.07. The summed E-state index contributed by atoms with van der Waals surface area (Å²) in [7, 11) is 0. The lowest BCUT2D eigenvalue weighted by molar-refractivity contribution is 0.0306. The van der Waals surface area contributed by atoms with E-state index in [1.807, 2.05) is 0 Å². The fourth-order valence-corrected chi connectivity index (χ4v) is 3.59. The first-order valence-corrected chi connectivity index (χ1v) is 7.11. The summed E-state index contributed by atoms with van der Waals surface area (Å²) in [6, 6.07) is 4.37. The van der Waals surface area contributed by atoms with E-state index in [9.17, 15) is 9.18 Å². The molecule has 0 N–H and O–H groups in total. The lowest BCUT2D eigenvalue weighted by Gasteiger charge is -2.26. The summed E-state index contributed by atoms with van der Waals surface area (Å²) in [6.07, 6.45) is 0. The summed E-state index contributed by atoms with van der Waals surface area (Å²) >= 11 is 7.47. The summed E-state index contributed by atoms with van der Waals surface area (Å²) in [5, 5.41) is 1.14. The van der Waals surface area contributed by atoms with Gasteiger partial charge in [-0.05, 0) is 18.2 Å². The van der Waals surface area contributed by atoms with Crippen molar-refractivity contribution in [3.63, 3.8) is 0 Å². The number of carbonyl (C=O) groups excluding carboxylic acids is 1. The highest BCUT2D eigenvalue weighted by Gasteiger charge is 2.24. The van der Waals surface area contributed by atoms with E-state index in [1.165, 1.54) is 23.5 Å². The van der Waals surface area contributed by atoms with Crippen LogP contribution in [0.2, 0.25) is 5.02 Å². The Labute approximate surface area is 118 Å². The monoisotopic (exact) mass is 299 g/mol. The number of thiophene rings is 1. The van der Waals surface area contributed by atoms with Crippen molar-refractivity contribution in [1.29, 1.82) is 0 Å². The molecule has 1 fully saturated rings. The van der Waals surface area contributed by atoms with Crippen LogP contribution >= 0.6 is 22.9 Å². The van der Waals surface area contributed by atoms with Gasteiger partial charge >= 0.3 is 0 Å². The third-order valence-electron chi connectivity index (χ3n) is 3.08. The highest BCUT2D eigenvalue weighted by Crippen LogP contribution is 2.36. The van der Waals surface area contributed by atoms with Crippen molar-refractivity contribution < 1.29 is 13.9 Å². The van der Waals surface area contributed by atoms with Gasteiger partial charge in [0.15, 0.2) is 0 Å². The quantitative estimate of drug-likeness (QED) is 0.809. The molecule has 1 saturated heterocycles. The second-order valence-electron chi connectivity index (χ2n) is 4.29. The summed E-state index contributed by atoms with van der Waals surface area (Å²) in [6.45, 7) is 2.22. The van der Waals surface area contributed by atoms with Gasteiger partial charge in [-0.1, -0.05) is 11.6 Å². The molecule has 1 aliphatic rings. The summed E-state index contributed by atoms with van der Waals surface area (Å²) in [5.74, 6) is -0.425. The first kappa shape index (κ1) is 12.8. The molecule has 1 aromatic carbocycles. The molecule has 3 nitrogen and oxygen atoms in total. The number of hydrogen-bond acceptors (Lipinski definition) is 3. The van der Waals surface area contributed by atoms with Crippen LogP contribution in [0.4, 0.5) is 4.39 Å². The minimum absolute atomic E-state index is 0.102. The van der Waals surface area contributed by atoms with E-state index in [0.29, 0.717) is 40.9 Å². The van der Waals surface area contributed by atoms with Crippen LogP contribution in [0.25, 0.3) is 10.1 Å². The number of fused-ring (bicyclic) bond motifs is 1. The number of rotatable bonds is 1. The van der Waals surface area contributed by atoms with Crippen LogP contribution < -0.4 is 0 Å². The van der Waals surface area contributed by atoms with Crippen molar-refractivity contribution in [3.05, 3.63) is 33.9 Å². The molecule has 0 aliphatic carbocycles. The van der Waals surface area contributed by atoms with Gasteiger partial charge in [-0.25, -0.2) is 4.39 Å². The number of nitrogens with zero attached hydrogens (tertiary/aromatic N) is 1. The van der Waals surface area contributed by atoms with Crippen molar-refractivity contribution in [2.75, 3.05) is 26.3 Å². The van der Waals surface area contributed by atoms with Gasteiger partial charge in [-0.3, -0.25) is 4.79 Å². The number of hydrogen-bond donors (Lipinski definition) is 0.